The summed E-state index contributed by atoms with van der Waals surface area (Å²) in [5.41, 5.74) is 1.63. The van der Waals surface area contributed by atoms with E-state index in [0.717, 1.165) is 16.3 Å². The predicted molar refractivity (Wildman–Crippen MR) is 203 cm³/mol. The number of hydrogen-bond acceptors (Lipinski definition) is 9. The van der Waals surface area contributed by atoms with Crippen LogP contribution in [0.25, 0.3) is 10.8 Å². The molecule has 4 rings (SSSR count). The molecule has 0 saturated heterocycles. The summed E-state index contributed by atoms with van der Waals surface area (Å²) in [6.45, 7) is 4.63. The van der Waals surface area contributed by atoms with Crippen LogP contribution < -0.4 is 31.3 Å². The summed E-state index contributed by atoms with van der Waals surface area (Å²) in [5, 5.41) is 33.5. The number of nitrogens with one attached hydrogen (secondary N) is 5. The molecule has 0 aliphatic heterocycles. The zero-order valence-electron chi connectivity index (χ0n) is 30.8. The molecule has 0 aromatic heterocycles. The van der Waals surface area contributed by atoms with Crippen LogP contribution in [0.4, 0.5) is 10.5 Å². The Balaban J connectivity index is 1.42. The molecule has 0 aliphatic rings. The van der Waals surface area contributed by atoms with Gasteiger partial charge in [0.2, 0.25) is 23.6 Å². The second-order valence-electron chi connectivity index (χ2n) is 13.1. The minimum atomic E-state index is -1.52. The smallest absolute Gasteiger partial charge is 0.408 e. The van der Waals surface area contributed by atoms with Gasteiger partial charge in [0.05, 0.1) is 13.5 Å². The van der Waals surface area contributed by atoms with Crippen LogP contribution in [0.15, 0.2) is 91.0 Å². The van der Waals surface area contributed by atoms with Gasteiger partial charge in [-0.25, -0.2) is 4.79 Å². The van der Waals surface area contributed by atoms with Crippen LogP contribution in [0.3, 0.4) is 0 Å². The number of fused-ring (bicyclic) bond motifs is 1. The third kappa shape index (κ3) is 12.2. The number of anilines is 1. The van der Waals surface area contributed by atoms with Gasteiger partial charge in [0.15, 0.2) is 0 Å². The Morgan fingerprint density at radius 1 is 0.691 bits per heavy atom. The van der Waals surface area contributed by atoms with Crippen molar-refractivity contribution < 1.29 is 48.5 Å². The molecule has 5 amide bonds. The lowest BCUT2D eigenvalue weighted by Crippen LogP contribution is -2.59. The van der Waals surface area contributed by atoms with E-state index in [4.69, 9.17) is 9.47 Å². The Morgan fingerprint density at radius 3 is 2.02 bits per heavy atom. The van der Waals surface area contributed by atoms with Crippen LogP contribution in [-0.4, -0.2) is 77.2 Å². The van der Waals surface area contributed by atoms with Crippen LogP contribution in [0.1, 0.15) is 38.3 Å². The van der Waals surface area contributed by atoms with Gasteiger partial charge in [-0.3, -0.25) is 24.0 Å². The SMILES string of the molecule is COc1cc(NC(=O)C(CC(=O)O)NC(=O)C(C)NC(=O)C(NC(=O)C(Cc2ccc(O)cc2)NC(=O)OCc2ccccc2)C(C)C)cc2ccccc12. The number of phenols is 1. The minimum Gasteiger partial charge on any atom is -0.508 e. The number of amides is 5. The summed E-state index contributed by atoms with van der Waals surface area (Å²) in [4.78, 5) is 78.2. The van der Waals surface area contributed by atoms with Crippen molar-refractivity contribution in [2.45, 2.75) is 64.4 Å². The highest BCUT2D eigenvalue weighted by Crippen LogP contribution is 2.30. The van der Waals surface area contributed by atoms with E-state index < -0.39 is 72.2 Å². The number of carboxylic acids is 1. The minimum absolute atomic E-state index is 0.00943. The van der Waals surface area contributed by atoms with Crippen molar-refractivity contribution in [3.63, 3.8) is 0 Å². The van der Waals surface area contributed by atoms with Crippen molar-refractivity contribution in [3.05, 3.63) is 102 Å². The first-order chi connectivity index (χ1) is 26.2. The normalized spacial score (nSPS) is 13.0. The van der Waals surface area contributed by atoms with E-state index in [0.29, 0.717) is 17.0 Å². The Bertz CT molecular complexity index is 1990. The number of aliphatic carboxylic acids is 1. The molecule has 0 fully saturated rings. The molecule has 0 spiro atoms. The highest BCUT2D eigenvalue weighted by atomic mass is 16.5. The number of benzene rings is 4. The highest BCUT2D eigenvalue weighted by molar-refractivity contribution is 6.02. The zero-order valence-corrected chi connectivity index (χ0v) is 30.8. The molecule has 0 aliphatic carbocycles. The first kappa shape index (κ1) is 41.1. The number of alkyl carbamates (subject to hydrolysis) is 1. The Hall–Kier alpha value is -6.64. The molecule has 0 bridgehead atoms. The average Bonchev–Trinajstić information content (AvgIpc) is 3.15. The highest BCUT2D eigenvalue weighted by Gasteiger charge is 2.32. The standard InChI is InChI=1S/C40H45N5O10/c1-23(2)35(45-38(51)31(18-25-14-16-29(46)17-15-25)44-40(53)55-22-26-10-6-5-7-11-26)39(52)41-24(3)36(49)43-32(21-34(47)48)37(50)42-28-19-27-12-8-9-13-30(27)33(20-28)54-4/h5-17,19-20,23-24,31-32,35,46H,18,21-22H2,1-4H3,(H,41,52)(H,42,50)(H,43,49)(H,44,53)(H,45,51)(H,47,48). The van der Waals surface area contributed by atoms with Gasteiger partial charge in [-0.05, 0) is 47.6 Å². The van der Waals surface area contributed by atoms with E-state index in [1.165, 1.54) is 26.2 Å². The molecule has 0 radical (unpaired) electrons. The number of carbonyl (C=O) groups excluding carboxylic acids is 5. The van der Waals surface area contributed by atoms with Crippen LogP contribution in [0.5, 0.6) is 11.5 Å². The number of carboxylic acid groups (broad SMARTS) is 1. The largest absolute Gasteiger partial charge is 0.508 e. The topological polar surface area (TPSA) is 221 Å². The lowest BCUT2D eigenvalue weighted by atomic mass is 10.0. The van der Waals surface area contributed by atoms with Crippen LogP contribution in [0, 0.1) is 5.92 Å². The molecule has 15 heteroatoms. The molecule has 4 unspecified atom stereocenters. The number of hydrogen-bond donors (Lipinski definition) is 7. The maximum atomic E-state index is 13.7. The third-order valence-electron chi connectivity index (χ3n) is 8.52. The van der Waals surface area contributed by atoms with E-state index in [9.17, 15) is 39.0 Å². The number of rotatable bonds is 17. The molecule has 15 nitrogen and oxygen atoms in total. The van der Waals surface area contributed by atoms with Crippen LogP contribution in [-0.2, 0) is 41.7 Å². The van der Waals surface area contributed by atoms with E-state index in [1.807, 2.05) is 30.3 Å². The summed E-state index contributed by atoms with van der Waals surface area (Å²) >= 11 is 0. The van der Waals surface area contributed by atoms with E-state index in [1.54, 1.807) is 62.4 Å². The van der Waals surface area contributed by atoms with Gasteiger partial charge in [-0.15, -0.1) is 0 Å². The molecule has 290 valence electrons. The second kappa shape index (κ2) is 19.4. The Labute approximate surface area is 317 Å². The molecule has 4 atom stereocenters. The van der Waals surface area contributed by atoms with Crippen molar-refractivity contribution in [2.24, 2.45) is 5.92 Å². The van der Waals surface area contributed by atoms with Gasteiger partial charge in [0.1, 0.15) is 42.3 Å². The molecular weight excluding hydrogens is 710 g/mol. The van der Waals surface area contributed by atoms with Crippen molar-refractivity contribution >= 4 is 52.2 Å². The van der Waals surface area contributed by atoms with Gasteiger partial charge in [0.25, 0.3) is 0 Å². The van der Waals surface area contributed by atoms with Gasteiger partial charge in [-0.2, -0.15) is 0 Å². The molecule has 7 N–H and O–H groups in total. The fourth-order valence-corrected chi connectivity index (χ4v) is 5.57. The van der Waals surface area contributed by atoms with Crippen molar-refractivity contribution in [3.8, 4) is 11.5 Å². The number of ether oxygens (including phenoxy) is 2. The summed E-state index contributed by atoms with van der Waals surface area (Å²) in [6, 6.07) is 20.3. The van der Waals surface area contributed by atoms with E-state index in [-0.39, 0.29) is 18.8 Å². The molecule has 0 heterocycles. The summed E-state index contributed by atoms with van der Waals surface area (Å²) in [7, 11) is 1.48. The Kier molecular flexibility index (Phi) is 14.5. The predicted octanol–water partition coefficient (Wildman–Crippen LogP) is 3.64. The molecular formula is C40H45N5O10. The number of carbonyl (C=O) groups is 6. The lowest BCUT2D eigenvalue weighted by Gasteiger charge is -2.27. The molecule has 0 saturated carbocycles. The number of methoxy groups -OCH3 is 1. The quantitative estimate of drug-likeness (QED) is 0.0829. The van der Waals surface area contributed by atoms with Gasteiger partial charge >= 0.3 is 12.1 Å². The first-order valence-electron chi connectivity index (χ1n) is 17.5. The third-order valence-corrected chi connectivity index (χ3v) is 8.52. The van der Waals surface area contributed by atoms with Gasteiger partial charge in [-0.1, -0.05) is 80.6 Å². The maximum absolute atomic E-state index is 13.7. The van der Waals surface area contributed by atoms with Crippen molar-refractivity contribution in [2.75, 3.05) is 12.4 Å². The van der Waals surface area contributed by atoms with E-state index in [2.05, 4.69) is 26.6 Å². The molecule has 4 aromatic carbocycles. The van der Waals surface area contributed by atoms with Crippen LogP contribution >= 0.6 is 0 Å². The molecule has 55 heavy (non-hydrogen) atoms. The van der Waals surface area contributed by atoms with Crippen molar-refractivity contribution in [1.29, 1.82) is 0 Å². The summed E-state index contributed by atoms with van der Waals surface area (Å²) in [6.07, 6.45) is -1.65. The van der Waals surface area contributed by atoms with Crippen LogP contribution in [0.2, 0.25) is 0 Å². The first-order valence-corrected chi connectivity index (χ1v) is 17.5. The fraction of sp³-hybridized carbons (Fsp3) is 0.300. The lowest BCUT2D eigenvalue weighted by molar-refractivity contribution is -0.140. The van der Waals surface area contributed by atoms with Crippen molar-refractivity contribution in [1.82, 2.24) is 21.3 Å². The Morgan fingerprint density at radius 2 is 1.36 bits per heavy atom. The number of aromatic hydroxyl groups is 1. The van der Waals surface area contributed by atoms with E-state index >= 15 is 0 Å². The maximum Gasteiger partial charge on any atom is 0.408 e. The molecule has 4 aromatic rings. The summed E-state index contributed by atoms with van der Waals surface area (Å²) < 4.78 is 10.8. The fourth-order valence-electron chi connectivity index (χ4n) is 5.57. The monoisotopic (exact) mass is 755 g/mol. The van der Waals surface area contributed by atoms with Gasteiger partial charge in [0, 0.05) is 23.6 Å². The second-order valence-corrected chi connectivity index (χ2v) is 13.1. The number of phenolic OH excluding ortho intramolecular Hbond substituents is 1. The average molecular weight is 756 g/mol. The summed E-state index contributed by atoms with van der Waals surface area (Å²) in [5.74, 6) is -4.50. The zero-order chi connectivity index (χ0) is 40.1. The van der Waals surface area contributed by atoms with Gasteiger partial charge < -0.3 is 46.3 Å².